The fourth-order valence-electron chi connectivity index (χ4n) is 2.28. The predicted molar refractivity (Wildman–Crippen MR) is 77.5 cm³/mol. The zero-order valence-electron chi connectivity index (χ0n) is 11.9. The molecule has 0 heterocycles. The van der Waals surface area contributed by atoms with Crippen LogP contribution in [-0.2, 0) is 6.42 Å². The van der Waals surface area contributed by atoms with Crippen LogP contribution in [0.5, 0.6) is 0 Å². The molecule has 1 nitrogen and oxygen atoms in total. The van der Waals surface area contributed by atoms with Crippen LogP contribution in [0.2, 0.25) is 0 Å². The Kier molecular flexibility index (Phi) is 5.39. The van der Waals surface area contributed by atoms with E-state index in [1.165, 1.54) is 18.2 Å². The minimum absolute atomic E-state index is 0.253. The molecule has 2 rings (SSSR count). The van der Waals surface area contributed by atoms with Gasteiger partial charge in [0, 0.05) is 6.04 Å². The Morgan fingerprint density at radius 1 is 1.05 bits per heavy atom. The summed E-state index contributed by atoms with van der Waals surface area (Å²) in [6.07, 6.45) is 1.17. The molecule has 21 heavy (non-hydrogen) atoms. The molecule has 4 heteroatoms. The molecule has 0 amide bonds. The molecule has 0 fully saturated rings. The second-order valence-corrected chi connectivity index (χ2v) is 4.98. The maximum Gasteiger partial charge on any atom is 0.162 e. The van der Waals surface area contributed by atoms with Crippen molar-refractivity contribution < 1.29 is 13.2 Å². The van der Waals surface area contributed by atoms with E-state index in [9.17, 15) is 13.2 Å². The lowest BCUT2D eigenvalue weighted by Gasteiger charge is -2.19. The average Bonchev–Trinajstić information content (AvgIpc) is 2.47. The molecule has 112 valence electrons. The van der Waals surface area contributed by atoms with E-state index in [1.54, 1.807) is 18.2 Å². The Balaban J connectivity index is 2.26. The fraction of sp³-hybridized carbons (Fsp3) is 0.294. The van der Waals surface area contributed by atoms with E-state index in [0.29, 0.717) is 0 Å². The van der Waals surface area contributed by atoms with E-state index >= 15 is 0 Å². The predicted octanol–water partition coefficient (Wildman–Crippen LogP) is 4.39. The van der Waals surface area contributed by atoms with Gasteiger partial charge in [-0.1, -0.05) is 31.2 Å². The molecule has 0 aliphatic carbocycles. The van der Waals surface area contributed by atoms with E-state index < -0.39 is 11.6 Å². The molecule has 0 spiro atoms. The van der Waals surface area contributed by atoms with Gasteiger partial charge in [-0.3, -0.25) is 0 Å². The highest BCUT2D eigenvalue weighted by Crippen LogP contribution is 2.22. The molecule has 2 aromatic rings. The summed E-state index contributed by atoms with van der Waals surface area (Å²) in [7, 11) is 0. The molecule has 0 radical (unpaired) electrons. The summed E-state index contributed by atoms with van der Waals surface area (Å²) in [4.78, 5) is 0. The van der Waals surface area contributed by atoms with Gasteiger partial charge in [0.25, 0.3) is 0 Å². The highest BCUT2D eigenvalue weighted by atomic mass is 19.2. The fourth-order valence-corrected chi connectivity index (χ4v) is 2.28. The van der Waals surface area contributed by atoms with Crippen LogP contribution in [0.15, 0.2) is 42.5 Å². The van der Waals surface area contributed by atoms with Crippen molar-refractivity contribution in [1.82, 2.24) is 5.32 Å². The Bertz CT molecular complexity index is 598. The maximum absolute atomic E-state index is 13.8. The minimum Gasteiger partial charge on any atom is -0.310 e. The number of hydrogen-bond donors (Lipinski definition) is 1. The highest BCUT2D eigenvalue weighted by Gasteiger charge is 2.16. The summed E-state index contributed by atoms with van der Waals surface area (Å²) >= 11 is 0. The number of rotatable bonds is 6. The molecule has 0 aliphatic heterocycles. The van der Waals surface area contributed by atoms with Crippen LogP contribution in [0.1, 0.15) is 30.5 Å². The molecule has 0 saturated carbocycles. The summed E-state index contributed by atoms with van der Waals surface area (Å²) in [6.45, 7) is 2.73. The van der Waals surface area contributed by atoms with Crippen LogP contribution in [0.4, 0.5) is 13.2 Å². The molecule has 0 aromatic heterocycles. The zero-order valence-corrected chi connectivity index (χ0v) is 11.9. The van der Waals surface area contributed by atoms with Gasteiger partial charge in [-0.25, -0.2) is 13.2 Å². The lowest BCUT2D eigenvalue weighted by atomic mass is 9.98. The van der Waals surface area contributed by atoms with Gasteiger partial charge in [-0.05, 0) is 48.7 Å². The Morgan fingerprint density at radius 2 is 1.81 bits per heavy atom. The van der Waals surface area contributed by atoms with Crippen LogP contribution in [0, 0.1) is 17.5 Å². The first kappa shape index (κ1) is 15.6. The first-order chi connectivity index (χ1) is 10.1. The maximum atomic E-state index is 13.8. The minimum atomic E-state index is -0.860. The Labute approximate surface area is 122 Å². The summed E-state index contributed by atoms with van der Waals surface area (Å²) < 4.78 is 40.5. The van der Waals surface area contributed by atoms with E-state index in [1.807, 2.05) is 6.92 Å². The molecular weight excluding hydrogens is 275 g/mol. The second kappa shape index (κ2) is 7.27. The van der Waals surface area contributed by atoms with Crippen LogP contribution < -0.4 is 5.32 Å². The van der Waals surface area contributed by atoms with Crippen molar-refractivity contribution in [3.63, 3.8) is 0 Å². The number of halogens is 3. The third-order valence-corrected chi connectivity index (χ3v) is 3.35. The molecular formula is C17H18F3N. The van der Waals surface area contributed by atoms with E-state index in [2.05, 4.69) is 5.32 Å². The third kappa shape index (κ3) is 4.08. The van der Waals surface area contributed by atoms with Crippen LogP contribution in [0.3, 0.4) is 0 Å². The quantitative estimate of drug-likeness (QED) is 0.833. The van der Waals surface area contributed by atoms with Crippen molar-refractivity contribution in [2.75, 3.05) is 6.54 Å². The highest BCUT2D eigenvalue weighted by molar-refractivity contribution is 5.25. The molecule has 1 unspecified atom stereocenters. The standard InChI is InChI=1S/C17H18F3N/c1-2-9-21-16(12-5-3-7-14(18)10-12)11-13-6-4-8-15(19)17(13)20/h3-8,10,16,21H,2,9,11H2,1H3. The van der Waals surface area contributed by atoms with Gasteiger partial charge in [0.05, 0.1) is 0 Å². The second-order valence-electron chi connectivity index (χ2n) is 4.98. The monoisotopic (exact) mass is 293 g/mol. The number of benzene rings is 2. The van der Waals surface area contributed by atoms with Crippen molar-refractivity contribution in [3.05, 3.63) is 71.0 Å². The van der Waals surface area contributed by atoms with Crippen molar-refractivity contribution in [3.8, 4) is 0 Å². The molecule has 0 saturated heterocycles. The van der Waals surface area contributed by atoms with Gasteiger partial charge >= 0.3 is 0 Å². The van der Waals surface area contributed by atoms with Gasteiger partial charge in [-0.15, -0.1) is 0 Å². The van der Waals surface area contributed by atoms with E-state index in [4.69, 9.17) is 0 Å². The number of nitrogens with one attached hydrogen (secondary N) is 1. The molecule has 0 bridgehead atoms. The molecule has 1 N–H and O–H groups in total. The SMILES string of the molecule is CCCNC(Cc1cccc(F)c1F)c1cccc(F)c1. The van der Waals surface area contributed by atoms with Crippen LogP contribution in [-0.4, -0.2) is 6.54 Å². The van der Waals surface area contributed by atoms with Gasteiger partial charge in [0.2, 0.25) is 0 Å². The van der Waals surface area contributed by atoms with Crippen molar-refractivity contribution in [1.29, 1.82) is 0 Å². The van der Waals surface area contributed by atoms with Crippen LogP contribution in [0.25, 0.3) is 0 Å². The lowest BCUT2D eigenvalue weighted by molar-refractivity contribution is 0.476. The topological polar surface area (TPSA) is 12.0 Å². The van der Waals surface area contributed by atoms with Crippen molar-refractivity contribution in [2.24, 2.45) is 0 Å². The summed E-state index contributed by atoms with van der Waals surface area (Å²) in [5.74, 6) is -2.03. The van der Waals surface area contributed by atoms with Gasteiger partial charge in [0.15, 0.2) is 11.6 Å². The first-order valence-corrected chi connectivity index (χ1v) is 7.03. The largest absolute Gasteiger partial charge is 0.310 e. The molecule has 0 aliphatic rings. The van der Waals surface area contributed by atoms with Crippen molar-refractivity contribution in [2.45, 2.75) is 25.8 Å². The van der Waals surface area contributed by atoms with Crippen molar-refractivity contribution >= 4 is 0 Å². The van der Waals surface area contributed by atoms with Gasteiger partial charge in [0.1, 0.15) is 5.82 Å². The average molecular weight is 293 g/mol. The summed E-state index contributed by atoms with van der Waals surface area (Å²) in [5.41, 5.74) is 1.01. The van der Waals surface area contributed by atoms with Gasteiger partial charge < -0.3 is 5.32 Å². The number of hydrogen-bond acceptors (Lipinski definition) is 1. The van der Waals surface area contributed by atoms with E-state index in [0.717, 1.165) is 24.6 Å². The van der Waals surface area contributed by atoms with Crippen LogP contribution >= 0.6 is 0 Å². The smallest absolute Gasteiger partial charge is 0.162 e. The Hall–Kier alpha value is -1.81. The Morgan fingerprint density at radius 3 is 2.52 bits per heavy atom. The third-order valence-electron chi connectivity index (χ3n) is 3.35. The summed E-state index contributed by atoms with van der Waals surface area (Å²) in [6, 6.07) is 10.1. The summed E-state index contributed by atoms with van der Waals surface area (Å²) in [5, 5.41) is 3.25. The zero-order chi connectivity index (χ0) is 15.2. The molecule has 2 aromatic carbocycles. The lowest BCUT2D eigenvalue weighted by Crippen LogP contribution is -2.24. The first-order valence-electron chi connectivity index (χ1n) is 7.03. The normalized spacial score (nSPS) is 12.4. The molecule has 1 atom stereocenters. The van der Waals surface area contributed by atoms with Gasteiger partial charge in [-0.2, -0.15) is 0 Å². The van der Waals surface area contributed by atoms with E-state index in [-0.39, 0.29) is 23.8 Å².